The van der Waals surface area contributed by atoms with Crippen LogP contribution in [0.15, 0.2) is 47.6 Å². The molecule has 0 spiro atoms. The zero-order valence-corrected chi connectivity index (χ0v) is 46.6. The van der Waals surface area contributed by atoms with E-state index >= 15 is 0 Å². The van der Waals surface area contributed by atoms with Crippen molar-refractivity contribution < 1.29 is 92.6 Å². The second-order valence-corrected chi connectivity index (χ2v) is 22.7. The van der Waals surface area contributed by atoms with E-state index in [1.165, 1.54) is 7.11 Å². The minimum atomic E-state index is -2.96. The topological polar surface area (TPSA) is 292 Å². The number of Topliss-reactive ketones (excluding diaryl/α,β-unsaturated/α-hetero) is 3. The fourth-order valence-electron chi connectivity index (χ4n) is 11.5. The SMILES string of the molecule is CO[C@H]1C[C@@H]2CC[C@@H](C)[C@@](O)(O2)C(=O)C(=O)N2CCCC[C@H]2C(=O)O[C@H]([C@H](C)C[C@H]2CC[C@@H](OC(=O)O[C@@]3(O)OC[C@H](O)C(O)C3O)[C@H](C)C2)CC(=O)[C@H](C)/C=C(\C)[C@@H](O)[C@@H](OC)C(=O)[C@H](C)C[C@H](C)/C=C/C=C/C=C/1C. The summed E-state index contributed by atoms with van der Waals surface area (Å²) in [4.78, 5) is 85.3. The van der Waals surface area contributed by atoms with Gasteiger partial charge in [-0.3, -0.25) is 19.2 Å². The molecule has 2 bridgehead atoms. The summed E-state index contributed by atoms with van der Waals surface area (Å²) in [5, 5.41) is 64.1. The van der Waals surface area contributed by atoms with Gasteiger partial charge in [-0.25, -0.2) is 9.59 Å². The van der Waals surface area contributed by atoms with E-state index in [0.29, 0.717) is 63.4 Å². The number of allylic oxidation sites excluding steroid dienone is 6. The third kappa shape index (κ3) is 16.2. The quantitative estimate of drug-likeness (QED) is 0.0870. The van der Waals surface area contributed by atoms with E-state index in [9.17, 15) is 59.4 Å². The number of ketones is 3. The Kier molecular flexibility index (Phi) is 23.4. The van der Waals surface area contributed by atoms with E-state index in [1.54, 1.807) is 40.9 Å². The monoisotopic (exact) mass is 1090 g/mol. The average molecular weight is 1090 g/mol. The molecule has 2 unspecified atom stereocenters. The minimum Gasteiger partial charge on any atom is -0.460 e. The van der Waals surface area contributed by atoms with Gasteiger partial charge in [0.05, 0.1) is 18.8 Å². The maximum Gasteiger partial charge on any atom is 0.512 e. The lowest BCUT2D eigenvalue weighted by atomic mass is 9.75. The van der Waals surface area contributed by atoms with Crippen LogP contribution in [-0.4, -0.2) is 171 Å². The van der Waals surface area contributed by atoms with Crippen molar-refractivity contribution in [2.24, 2.45) is 41.4 Å². The molecule has 1 saturated carbocycles. The molecule has 19 atom stereocenters. The lowest BCUT2D eigenvalue weighted by molar-refractivity contribution is -0.415. The lowest BCUT2D eigenvalue weighted by Crippen LogP contribution is -2.62. The Morgan fingerprint density at radius 1 is 0.857 bits per heavy atom. The molecule has 5 rings (SSSR count). The number of ether oxygens (including phenoxy) is 7. The summed E-state index contributed by atoms with van der Waals surface area (Å²) < 4.78 is 39.2. The Hall–Kier alpha value is -4.22. The molecule has 0 aromatic carbocycles. The average Bonchev–Trinajstić information content (AvgIpc) is 3.39. The predicted molar refractivity (Wildman–Crippen MR) is 278 cm³/mol. The second kappa shape index (κ2) is 28.3. The second-order valence-electron chi connectivity index (χ2n) is 22.7. The van der Waals surface area contributed by atoms with Crippen LogP contribution in [0.25, 0.3) is 0 Å². The van der Waals surface area contributed by atoms with E-state index in [0.717, 1.165) is 10.5 Å². The van der Waals surface area contributed by atoms with Crippen molar-refractivity contribution in [3.8, 4) is 0 Å². The summed E-state index contributed by atoms with van der Waals surface area (Å²) >= 11 is 0. The maximum atomic E-state index is 14.6. The smallest absolute Gasteiger partial charge is 0.460 e. The number of carbonyl (C=O) groups excluding carboxylic acids is 6. The first-order valence-electron chi connectivity index (χ1n) is 27.5. The van der Waals surface area contributed by atoms with Gasteiger partial charge >= 0.3 is 18.1 Å². The zero-order chi connectivity index (χ0) is 57.1. The van der Waals surface area contributed by atoms with Gasteiger partial charge in [0.1, 0.15) is 48.4 Å². The number of methoxy groups -OCH3 is 2. The van der Waals surface area contributed by atoms with Gasteiger partial charge in [-0.15, -0.1) is 0 Å². The first kappa shape index (κ1) is 63.6. The summed E-state index contributed by atoms with van der Waals surface area (Å²) in [5.74, 6) is -12.1. The number of piperidine rings is 1. The number of hydrogen-bond donors (Lipinski definition) is 6. The molecule has 0 aromatic rings. The minimum absolute atomic E-state index is 0.0214. The number of carbonyl (C=O) groups is 6. The van der Waals surface area contributed by atoms with Crippen LogP contribution in [0.4, 0.5) is 4.79 Å². The highest BCUT2D eigenvalue weighted by Crippen LogP contribution is 2.39. The predicted octanol–water partition coefficient (Wildman–Crippen LogP) is 4.72. The van der Waals surface area contributed by atoms with Gasteiger partial charge in [-0.05, 0) is 113 Å². The zero-order valence-electron chi connectivity index (χ0n) is 46.6. The lowest BCUT2D eigenvalue weighted by Gasteiger charge is -2.42. The maximum absolute atomic E-state index is 14.6. The summed E-state index contributed by atoms with van der Waals surface area (Å²) in [6.07, 6.45) is 2.91. The molecule has 1 aliphatic carbocycles. The number of cyclic esters (lactones) is 1. The molecule has 20 heteroatoms. The van der Waals surface area contributed by atoms with Crippen LogP contribution in [-0.2, 0) is 57.1 Å². The number of hydrogen-bond acceptors (Lipinski definition) is 19. The first-order chi connectivity index (χ1) is 36.2. The fraction of sp³-hybridized carbons (Fsp3) is 0.754. The van der Waals surface area contributed by atoms with E-state index in [2.05, 4.69) is 0 Å². The number of nitrogens with zero attached hydrogens (tertiary/aromatic N) is 1. The number of fused-ring (bicyclic) bond motifs is 3. The van der Waals surface area contributed by atoms with Gasteiger partial charge < -0.3 is 68.7 Å². The molecule has 4 aliphatic heterocycles. The molecular formula is C57H87NO19. The third-order valence-electron chi connectivity index (χ3n) is 16.5. The van der Waals surface area contributed by atoms with Crippen molar-refractivity contribution in [1.29, 1.82) is 0 Å². The molecule has 6 N–H and O–H groups in total. The molecule has 434 valence electrons. The molecule has 20 nitrogen and oxygen atoms in total. The molecule has 3 saturated heterocycles. The van der Waals surface area contributed by atoms with E-state index < -0.39 is 127 Å². The van der Waals surface area contributed by atoms with Crippen LogP contribution in [0.3, 0.4) is 0 Å². The van der Waals surface area contributed by atoms with E-state index in [-0.39, 0.29) is 55.1 Å². The highest BCUT2D eigenvalue weighted by atomic mass is 16.9. The summed E-state index contributed by atoms with van der Waals surface area (Å²) in [5.41, 5.74) is 1.18. The standard InChI is InChI=1S/C57H87NO19/c1-31-16-12-11-13-17-32(2)45(71-9)28-40-21-19-38(8)56(69,76-40)52(65)53(66)58-23-15-14-18-41(58)54(67)74-46(29-42(59)33(3)25-37(7)48(62)50(72-10)47(61)36(6)24-31)35(5)27-39-20-22-44(34(4)26-39)75-55(68)77-57(70)51(64)49(63)43(60)30-73-57/h11-13,16-17,25,31,33-36,38-41,43-46,48-51,60,62-64,69-70H,14-15,18-24,26-30H2,1-10H3/b13-11+,16-12+,32-17+,37-25+/t31-,33-,34-,35-,36-,38-,39+,40+,41+,43+,44-,45+,46+,48-,49?,50+,51?,56-,57+/m1/s1. The number of aliphatic hydroxyl groups excluding tert-OH is 4. The van der Waals surface area contributed by atoms with Crippen molar-refractivity contribution in [1.82, 2.24) is 4.90 Å². The summed E-state index contributed by atoms with van der Waals surface area (Å²) in [6, 6.07) is -1.23. The number of esters is 1. The van der Waals surface area contributed by atoms with Crippen LogP contribution in [0.1, 0.15) is 132 Å². The molecular weight excluding hydrogens is 1000 g/mol. The first-order valence-corrected chi connectivity index (χ1v) is 27.5. The van der Waals surface area contributed by atoms with Gasteiger partial charge in [0.25, 0.3) is 11.7 Å². The van der Waals surface area contributed by atoms with Crippen molar-refractivity contribution in [3.63, 3.8) is 0 Å². The Balaban J connectivity index is 1.41. The Bertz CT molecular complexity index is 2180. The van der Waals surface area contributed by atoms with Crippen LogP contribution >= 0.6 is 0 Å². The molecule has 4 heterocycles. The number of rotatable bonds is 7. The Labute approximate surface area is 453 Å². The number of aliphatic hydroxyl groups is 6. The largest absolute Gasteiger partial charge is 0.512 e. The van der Waals surface area contributed by atoms with Crippen molar-refractivity contribution >= 4 is 35.4 Å². The van der Waals surface area contributed by atoms with Crippen molar-refractivity contribution in [2.75, 3.05) is 27.4 Å². The van der Waals surface area contributed by atoms with Crippen LogP contribution in [0.5, 0.6) is 0 Å². The Morgan fingerprint density at radius 3 is 2.25 bits per heavy atom. The summed E-state index contributed by atoms with van der Waals surface area (Å²) in [7, 11) is 2.90. The molecule has 1 amide bonds. The molecule has 4 fully saturated rings. The van der Waals surface area contributed by atoms with Gasteiger partial charge in [-0.2, -0.15) is 0 Å². The molecule has 5 aliphatic rings. The van der Waals surface area contributed by atoms with E-state index in [4.69, 9.17) is 33.2 Å². The fourth-order valence-corrected chi connectivity index (χ4v) is 11.5. The molecule has 0 aromatic heterocycles. The van der Waals surface area contributed by atoms with Gasteiger partial charge in [0, 0.05) is 51.4 Å². The van der Waals surface area contributed by atoms with Crippen LogP contribution in [0, 0.1) is 41.4 Å². The third-order valence-corrected chi connectivity index (χ3v) is 16.5. The molecule has 0 radical (unpaired) electrons. The van der Waals surface area contributed by atoms with Crippen molar-refractivity contribution in [3.05, 3.63) is 47.6 Å². The van der Waals surface area contributed by atoms with Gasteiger partial charge in [0.15, 0.2) is 11.9 Å². The Morgan fingerprint density at radius 2 is 1.57 bits per heavy atom. The normalized spacial score (nSPS) is 41.9. The van der Waals surface area contributed by atoms with Gasteiger partial charge in [-0.1, -0.05) is 78.0 Å². The van der Waals surface area contributed by atoms with Crippen molar-refractivity contribution in [2.45, 2.75) is 205 Å². The van der Waals surface area contributed by atoms with Gasteiger partial charge in [0.2, 0.25) is 5.79 Å². The van der Waals surface area contributed by atoms with Crippen LogP contribution < -0.4 is 0 Å². The molecule has 77 heavy (non-hydrogen) atoms. The van der Waals surface area contributed by atoms with Crippen LogP contribution in [0.2, 0.25) is 0 Å². The highest BCUT2D eigenvalue weighted by Gasteiger charge is 2.54. The summed E-state index contributed by atoms with van der Waals surface area (Å²) in [6.45, 7) is 13.6. The van der Waals surface area contributed by atoms with E-state index in [1.807, 2.05) is 58.1 Å². The highest BCUT2D eigenvalue weighted by molar-refractivity contribution is 6.39. The number of amides is 1.